The molecule has 166 valence electrons. The molecule has 0 aliphatic heterocycles. The highest BCUT2D eigenvalue weighted by Gasteiger charge is 2.26. The van der Waals surface area contributed by atoms with Crippen LogP contribution in [-0.2, 0) is 4.79 Å². The van der Waals surface area contributed by atoms with E-state index in [-0.39, 0.29) is 28.0 Å². The van der Waals surface area contributed by atoms with Gasteiger partial charge in [-0.1, -0.05) is 36.7 Å². The summed E-state index contributed by atoms with van der Waals surface area (Å²) in [6.45, 7) is 1.98. The third-order valence-electron chi connectivity index (χ3n) is 4.87. The highest BCUT2D eigenvalue weighted by Crippen LogP contribution is 2.33. The predicted molar refractivity (Wildman–Crippen MR) is 115 cm³/mol. The van der Waals surface area contributed by atoms with Crippen LogP contribution < -0.4 is 4.74 Å². The molecular formula is C24H18ClF3O4. The fourth-order valence-electron chi connectivity index (χ4n) is 3.47. The predicted octanol–water partition coefficient (Wildman–Crippen LogP) is 6.92. The van der Waals surface area contributed by atoms with Gasteiger partial charge in [0.05, 0.1) is 5.56 Å². The molecule has 3 rings (SSSR count). The van der Waals surface area contributed by atoms with Crippen LogP contribution >= 0.6 is 11.6 Å². The van der Waals surface area contributed by atoms with Crippen molar-refractivity contribution in [2.24, 2.45) is 5.92 Å². The lowest BCUT2D eigenvalue weighted by Gasteiger charge is -2.23. The third-order valence-corrected chi connectivity index (χ3v) is 5.11. The van der Waals surface area contributed by atoms with Crippen LogP contribution in [-0.4, -0.2) is 16.9 Å². The highest BCUT2D eigenvalue weighted by atomic mass is 35.5. The number of aromatic carboxylic acids is 1. The largest absolute Gasteiger partial charge is 0.478 e. The number of halogens is 4. The molecule has 0 heterocycles. The molecule has 2 aromatic rings. The Morgan fingerprint density at radius 1 is 1.06 bits per heavy atom. The number of carboxylic acids is 1. The molecule has 0 amide bonds. The Kier molecular flexibility index (Phi) is 7.20. The number of allylic oxidation sites excluding steroid dienone is 2. The van der Waals surface area contributed by atoms with Gasteiger partial charge in [-0.3, -0.25) is 4.79 Å². The van der Waals surface area contributed by atoms with Crippen molar-refractivity contribution in [1.29, 1.82) is 0 Å². The second-order valence-electron chi connectivity index (χ2n) is 7.42. The van der Waals surface area contributed by atoms with Crippen molar-refractivity contribution in [3.8, 4) is 5.75 Å². The lowest BCUT2D eigenvalue weighted by molar-refractivity contribution is -0.113. The first kappa shape index (κ1) is 23.3. The smallest absolute Gasteiger partial charge is 0.344 e. The topological polar surface area (TPSA) is 63.6 Å². The van der Waals surface area contributed by atoms with Crippen LogP contribution in [0.15, 0.2) is 65.7 Å². The maximum Gasteiger partial charge on any atom is 0.344 e. The molecular weight excluding hydrogens is 445 g/mol. The number of Topliss-reactive ketones (excluding diaryl/α,β-unsaturated/α-hetero) is 1. The summed E-state index contributed by atoms with van der Waals surface area (Å²) in [5.41, 5.74) is 2.00. The number of benzene rings is 2. The van der Waals surface area contributed by atoms with Gasteiger partial charge in [-0.25, -0.2) is 4.79 Å². The number of hydrogen-bond donors (Lipinski definition) is 1. The zero-order chi connectivity index (χ0) is 23.4. The van der Waals surface area contributed by atoms with Crippen molar-refractivity contribution in [2.75, 3.05) is 0 Å². The van der Waals surface area contributed by atoms with Crippen LogP contribution in [0.4, 0.5) is 13.2 Å². The van der Waals surface area contributed by atoms with E-state index in [0.29, 0.717) is 35.1 Å². The van der Waals surface area contributed by atoms with Gasteiger partial charge in [-0.05, 0) is 66.3 Å². The van der Waals surface area contributed by atoms with E-state index in [1.165, 1.54) is 30.3 Å². The first-order chi connectivity index (χ1) is 15.1. The van der Waals surface area contributed by atoms with Crippen molar-refractivity contribution in [2.45, 2.75) is 19.8 Å². The van der Waals surface area contributed by atoms with Crippen molar-refractivity contribution in [3.63, 3.8) is 0 Å². The van der Waals surface area contributed by atoms with Crippen LogP contribution in [0, 0.1) is 5.92 Å². The van der Waals surface area contributed by atoms with E-state index in [4.69, 9.17) is 11.6 Å². The van der Waals surface area contributed by atoms with Gasteiger partial charge in [-0.15, -0.1) is 0 Å². The van der Waals surface area contributed by atoms with Gasteiger partial charge in [0.25, 0.3) is 0 Å². The standard InChI is InChI=1S/C24H18ClF3O4/c1-13-8-16(10-14-2-6-19(7-3-14)32-23(28)22(26)27)21(29)17(9-13)11-15-4-5-18(25)12-20(15)24(30)31/h2-7,10-13H,8-9H2,1H3,(H,30,31)/b16-10+,17-11-. The van der Waals surface area contributed by atoms with E-state index < -0.39 is 18.1 Å². The lowest BCUT2D eigenvalue weighted by Crippen LogP contribution is -2.18. The lowest BCUT2D eigenvalue weighted by atomic mass is 9.80. The molecule has 0 saturated heterocycles. The van der Waals surface area contributed by atoms with Gasteiger partial charge in [-0.2, -0.15) is 13.2 Å². The Morgan fingerprint density at radius 2 is 1.69 bits per heavy atom. The Labute approximate surface area is 187 Å². The van der Waals surface area contributed by atoms with Gasteiger partial charge in [0.15, 0.2) is 5.78 Å². The number of carbonyl (C=O) groups excluding carboxylic acids is 1. The monoisotopic (exact) mass is 462 g/mol. The molecule has 0 bridgehead atoms. The third kappa shape index (κ3) is 5.68. The van der Waals surface area contributed by atoms with E-state index in [2.05, 4.69) is 4.74 Å². The summed E-state index contributed by atoms with van der Waals surface area (Å²) in [6.07, 6.45) is 1.70. The van der Waals surface area contributed by atoms with Gasteiger partial charge in [0.2, 0.25) is 0 Å². The first-order valence-electron chi connectivity index (χ1n) is 9.61. The zero-order valence-corrected chi connectivity index (χ0v) is 17.6. The van der Waals surface area contributed by atoms with Gasteiger partial charge in [0.1, 0.15) is 5.75 Å². The van der Waals surface area contributed by atoms with Crippen LogP contribution in [0.3, 0.4) is 0 Å². The number of ether oxygens (including phenoxy) is 1. The van der Waals surface area contributed by atoms with Crippen LogP contribution in [0.2, 0.25) is 5.02 Å². The minimum atomic E-state index is -2.55. The van der Waals surface area contributed by atoms with Gasteiger partial charge in [0, 0.05) is 16.2 Å². The van der Waals surface area contributed by atoms with E-state index in [0.717, 1.165) is 0 Å². The van der Waals surface area contributed by atoms with Crippen LogP contribution in [0.5, 0.6) is 5.75 Å². The zero-order valence-electron chi connectivity index (χ0n) is 16.9. The highest BCUT2D eigenvalue weighted by molar-refractivity contribution is 6.31. The average molecular weight is 463 g/mol. The maximum atomic E-state index is 13.0. The summed E-state index contributed by atoms with van der Waals surface area (Å²) in [6, 6.07) is 8.15. The summed E-state index contributed by atoms with van der Waals surface area (Å²) in [5, 5.41) is 9.71. The van der Waals surface area contributed by atoms with E-state index in [9.17, 15) is 27.9 Å². The number of carbonyl (C=O) groups is 2. The fourth-order valence-corrected chi connectivity index (χ4v) is 3.64. The molecule has 32 heavy (non-hydrogen) atoms. The van der Waals surface area contributed by atoms with Crippen molar-refractivity contribution in [3.05, 3.63) is 87.4 Å². The van der Waals surface area contributed by atoms with Gasteiger partial charge >= 0.3 is 18.1 Å². The first-order valence-corrected chi connectivity index (χ1v) is 9.99. The Hall–Kier alpha value is -3.32. The Morgan fingerprint density at radius 3 is 2.28 bits per heavy atom. The van der Waals surface area contributed by atoms with Gasteiger partial charge < -0.3 is 9.84 Å². The molecule has 1 saturated carbocycles. The summed E-state index contributed by atoms with van der Waals surface area (Å²) in [5.74, 6) is -1.32. The molecule has 4 nitrogen and oxygen atoms in total. The molecule has 1 aliphatic rings. The van der Waals surface area contributed by atoms with E-state index >= 15 is 0 Å². The molecule has 0 aromatic heterocycles. The second-order valence-corrected chi connectivity index (χ2v) is 7.86. The van der Waals surface area contributed by atoms with Crippen molar-refractivity contribution >= 4 is 35.5 Å². The summed E-state index contributed by atoms with van der Waals surface area (Å²) in [7, 11) is 0. The average Bonchev–Trinajstić information content (AvgIpc) is 2.73. The summed E-state index contributed by atoms with van der Waals surface area (Å²) in [4.78, 5) is 24.6. The number of rotatable bonds is 5. The minimum absolute atomic E-state index is 0.00291. The SMILES string of the molecule is CC1C/C(=C/c2ccc(Cl)cc2C(=O)O)C(=O)/C(=C/c2ccc(OC(F)=C(F)F)cc2)C1. The minimum Gasteiger partial charge on any atom is -0.478 e. The maximum absolute atomic E-state index is 13.0. The van der Waals surface area contributed by atoms with E-state index in [1.54, 1.807) is 24.3 Å². The molecule has 1 unspecified atom stereocenters. The Balaban J connectivity index is 1.89. The summed E-state index contributed by atoms with van der Waals surface area (Å²) < 4.78 is 41.6. The molecule has 1 N–H and O–H groups in total. The molecule has 0 radical (unpaired) electrons. The Bertz CT molecular complexity index is 1150. The quantitative estimate of drug-likeness (QED) is 0.387. The van der Waals surface area contributed by atoms with Crippen molar-refractivity contribution < 1.29 is 32.6 Å². The molecule has 2 aromatic carbocycles. The van der Waals surface area contributed by atoms with Crippen LogP contribution in [0.1, 0.15) is 41.3 Å². The van der Waals surface area contributed by atoms with Crippen molar-refractivity contribution in [1.82, 2.24) is 0 Å². The van der Waals surface area contributed by atoms with Crippen LogP contribution in [0.25, 0.3) is 12.2 Å². The molecule has 1 atom stereocenters. The normalized spacial score (nSPS) is 18.7. The number of ketones is 1. The molecule has 0 spiro atoms. The number of hydrogen-bond acceptors (Lipinski definition) is 3. The fraction of sp³-hybridized carbons (Fsp3) is 0.167. The molecule has 8 heteroatoms. The van der Waals surface area contributed by atoms with E-state index in [1.807, 2.05) is 6.92 Å². The second kappa shape index (κ2) is 9.87. The molecule has 1 fully saturated rings. The number of carboxylic acid groups (broad SMARTS) is 1. The summed E-state index contributed by atoms with van der Waals surface area (Å²) >= 11 is 5.89. The molecule has 1 aliphatic carbocycles.